The maximum Gasteiger partial charge on any atom is 0.208 e. The molecule has 156 valence electrons. The molecular formula is C26H41ClN+. The van der Waals surface area contributed by atoms with Crippen molar-refractivity contribution in [3.05, 3.63) is 47.7 Å². The predicted octanol–water partition coefficient (Wildman–Crippen LogP) is 7.53. The van der Waals surface area contributed by atoms with E-state index in [-0.39, 0.29) is 0 Å². The van der Waals surface area contributed by atoms with Crippen LogP contribution in [-0.4, -0.2) is 23.2 Å². The van der Waals surface area contributed by atoms with E-state index in [2.05, 4.69) is 64.1 Å². The van der Waals surface area contributed by atoms with Crippen molar-refractivity contribution in [2.24, 2.45) is 23.7 Å². The Morgan fingerprint density at radius 2 is 2.07 bits per heavy atom. The van der Waals surface area contributed by atoms with Crippen LogP contribution in [0.15, 0.2) is 47.7 Å². The molecule has 2 aliphatic carbocycles. The molecule has 2 rings (SSSR count). The van der Waals surface area contributed by atoms with Gasteiger partial charge in [-0.25, -0.2) is 4.58 Å². The van der Waals surface area contributed by atoms with E-state index in [1.807, 2.05) is 6.08 Å². The first-order valence-electron chi connectivity index (χ1n) is 11.3. The number of hydrogen-bond donors (Lipinski definition) is 0. The summed E-state index contributed by atoms with van der Waals surface area (Å²) in [6, 6.07) is 0. The molecular weight excluding hydrogens is 362 g/mol. The highest BCUT2D eigenvalue weighted by atomic mass is 35.5. The highest BCUT2D eigenvalue weighted by molar-refractivity contribution is 6.19. The zero-order valence-corrected chi connectivity index (χ0v) is 19.6. The first kappa shape index (κ1) is 23.2. The highest BCUT2D eigenvalue weighted by Crippen LogP contribution is 2.40. The van der Waals surface area contributed by atoms with Crippen LogP contribution in [0.4, 0.5) is 0 Å². The molecule has 4 unspecified atom stereocenters. The highest BCUT2D eigenvalue weighted by Gasteiger charge is 2.41. The van der Waals surface area contributed by atoms with E-state index in [1.165, 1.54) is 42.5 Å². The van der Waals surface area contributed by atoms with E-state index in [9.17, 15) is 0 Å². The lowest BCUT2D eigenvalue weighted by atomic mass is 9.70. The molecule has 4 atom stereocenters. The lowest BCUT2D eigenvalue weighted by Gasteiger charge is -2.33. The van der Waals surface area contributed by atoms with E-state index in [4.69, 9.17) is 11.6 Å². The zero-order valence-electron chi connectivity index (χ0n) is 18.8. The summed E-state index contributed by atoms with van der Waals surface area (Å²) >= 11 is 6.37. The summed E-state index contributed by atoms with van der Waals surface area (Å²) in [6.45, 7) is 13.3. The quantitative estimate of drug-likeness (QED) is 0.179. The minimum Gasteiger partial charge on any atom is -0.202 e. The van der Waals surface area contributed by atoms with Crippen molar-refractivity contribution < 1.29 is 4.58 Å². The molecule has 1 fully saturated rings. The van der Waals surface area contributed by atoms with Gasteiger partial charge in [0.1, 0.15) is 7.05 Å². The number of rotatable bonds is 7. The molecule has 0 bridgehead atoms. The predicted molar refractivity (Wildman–Crippen MR) is 125 cm³/mol. The molecule has 0 heterocycles. The first-order chi connectivity index (χ1) is 13.4. The first-order valence-corrected chi connectivity index (χ1v) is 11.8. The molecule has 1 saturated carbocycles. The normalized spacial score (nSPS) is 31.0. The molecule has 0 amide bonds. The van der Waals surface area contributed by atoms with Crippen molar-refractivity contribution >= 4 is 17.3 Å². The van der Waals surface area contributed by atoms with Crippen molar-refractivity contribution in [1.82, 2.24) is 0 Å². The number of allylic oxidation sites excluding steroid dienone is 6. The Kier molecular flexibility index (Phi) is 9.28. The van der Waals surface area contributed by atoms with Crippen LogP contribution in [0.5, 0.6) is 0 Å². The second-order valence-electron chi connectivity index (χ2n) is 9.01. The maximum absolute atomic E-state index is 6.37. The summed E-state index contributed by atoms with van der Waals surface area (Å²) in [5.41, 5.74) is 5.62. The fourth-order valence-corrected chi connectivity index (χ4v) is 5.34. The summed E-state index contributed by atoms with van der Waals surface area (Å²) in [6.07, 6.45) is 17.7. The van der Waals surface area contributed by atoms with Crippen molar-refractivity contribution in [1.29, 1.82) is 0 Å². The third-order valence-electron chi connectivity index (χ3n) is 6.59. The van der Waals surface area contributed by atoms with E-state index >= 15 is 0 Å². The summed E-state index contributed by atoms with van der Waals surface area (Å²) in [5, 5.41) is 0. The SMILES string of the molecule is C=CCC(=CCCC)C(=C(C)CCl)[N+](C)=C1C(C)CCC2C=CCC(C)CC12. The van der Waals surface area contributed by atoms with Gasteiger partial charge in [0, 0.05) is 28.9 Å². The number of alkyl halides is 1. The largest absolute Gasteiger partial charge is 0.208 e. The van der Waals surface area contributed by atoms with Crippen molar-refractivity contribution in [3.8, 4) is 0 Å². The Hall–Kier alpha value is -1.08. The third-order valence-corrected chi connectivity index (χ3v) is 6.99. The van der Waals surface area contributed by atoms with E-state index < -0.39 is 0 Å². The van der Waals surface area contributed by atoms with Gasteiger partial charge in [-0.2, -0.15) is 0 Å². The van der Waals surface area contributed by atoms with Crippen LogP contribution < -0.4 is 0 Å². The molecule has 0 aliphatic heterocycles. The van der Waals surface area contributed by atoms with E-state index in [0.717, 1.165) is 25.2 Å². The van der Waals surface area contributed by atoms with Gasteiger partial charge < -0.3 is 0 Å². The van der Waals surface area contributed by atoms with Crippen LogP contribution >= 0.6 is 11.6 Å². The molecule has 0 aromatic heterocycles. The topological polar surface area (TPSA) is 3.01 Å². The average Bonchev–Trinajstić information content (AvgIpc) is 2.86. The van der Waals surface area contributed by atoms with Gasteiger partial charge >= 0.3 is 0 Å². The standard InChI is InChI=1S/C26H41ClN/c1-7-9-13-23(11-8-2)25(21(5)18-27)28(6)26-20(4)15-16-22-14-10-12-19(3)17-24(22)26/h8,10,13-14,19-20,22,24H,2,7,9,11-12,15-18H2,1,3-6H3/q+1. The fourth-order valence-electron chi connectivity index (χ4n) is 5.22. The number of fused-ring (bicyclic) bond motifs is 1. The summed E-state index contributed by atoms with van der Waals surface area (Å²) in [4.78, 5) is 0. The maximum atomic E-state index is 6.37. The van der Waals surface area contributed by atoms with Crippen LogP contribution in [0.2, 0.25) is 0 Å². The molecule has 0 spiro atoms. The Labute approximate surface area is 179 Å². The van der Waals surface area contributed by atoms with Crippen LogP contribution in [0.3, 0.4) is 0 Å². The molecule has 1 nitrogen and oxygen atoms in total. The van der Waals surface area contributed by atoms with Gasteiger partial charge in [-0.15, -0.1) is 18.2 Å². The molecule has 28 heavy (non-hydrogen) atoms. The summed E-state index contributed by atoms with van der Waals surface area (Å²) < 4.78 is 2.54. The van der Waals surface area contributed by atoms with Gasteiger partial charge in [0.15, 0.2) is 5.71 Å². The van der Waals surface area contributed by atoms with Crippen molar-refractivity contribution in [2.75, 3.05) is 12.9 Å². The number of hydrogen-bond acceptors (Lipinski definition) is 0. The second-order valence-corrected chi connectivity index (χ2v) is 9.28. The van der Waals surface area contributed by atoms with Gasteiger partial charge in [0.05, 0.1) is 0 Å². The lowest BCUT2D eigenvalue weighted by molar-refractivity contribution is -0.447. The van der Waals surface area contributed by atoms with Crippen LogP contribution in [0.1, 0.15) is 72.6 Å². The second kappa shape index (κ2) is 11.2. The molecule has 0 radical (unpaired) electrons. The zero-order chi connectivity index (χ0) is 20.7. The van der Waals surface area contributed by atoms with Gasteiger partial charge in [0.25, 0.3) is 0 Å². The van der Waals surface area contributed by atoms with Gasteiger partial charge in [-0.1, -0.05) is 51.5 Å². The average molecular weight is 403 g/mol. The molecule has 0 saturated heterocycles. The van der Waals surface area contributed by atoms with Crippen LogP contribution in [0, 0.1) is 23.7 Å². The van der Waals surface area contributed by atoms with Crippen molar-refractivity contribution in [3.63, 3.8) is 0 Å². The summed E-state index contributed by atoms with van der Waals surface area (Å²) in [5.74, 6) is 3.30. The minimum atomic E-state index is 0.576. The summed E-state index contributed by atoms with van der Waals surface area (Å²) in [7, 11) is 2.29. The number of likely N-dealkylation sites (N-methyl/N-ethyl adjacent to an activating group) is 1. The molecule has 2 aliphatic rings. The minimum absolute atomic E-state index is 0.576. The Bertz CT molecular complexity index is 664. The van der Waals surface area contributed by atoms with Gasteiger partial charge in [-0.3, -0.25) is 0 Å². The third kappa shape index (κ3) is 5.50. The Balaban J connectivity index is 2.61. The van der Waals surface area contributed by atoms with Crippen LogP contribution in [-0.2, 0) is 0 Å². The molecule has 2 heteroatoms. The van der Waals surface area contributed by atoms with E-state index in [1.54, 1.807) is 5.71 Å². The Morgan fingerprint density at radius 1 is 1.32 bits per heavy atom. The van der Waals surface area contributed by atoms with Gasteiger partial charge in [-0.05, 0) is 57.3 Å². The number of unbranched alkanes of at least 4 members (excludes halogenated alkanes) is 1. The lowest BCUT2D eigenvalue weighted by Crippen LogP contribution is -2.39. The number of halogens is 1. The molecule has 0 N–H and O–H groups in total. The van der Waals surface area contributed by atoms with Crippen LogP contribution in [0.25, 0.3) is 0 Å². The molecule has 0 aromatic carbocycles. The van der Waals surface area contributed by atoms with Crippen molar-refractivity contribution in [2.45, 2.75) is 72.6 Å². The smallest absolute Gasteiger partial charge is 0.202 e. The molecule has 0 aromatic rings. The monoisotopic (exact) mass is 402 g/mol. The number of nitrogens with zero attached hydrogens (tertiary/aromatic N) is 1. The Morgan fingerprint density at radius 3 is 2.71 bits per heavy atom. The van der Waals surface area contributed by atoms with Gasteiger partial charge in [0.2, 0.25) is 5.70 Å². The van der Waals surface area contributed by atoms with E-state index in [0.29, 0.717) is 23.6 Å². The fraction of sp³-hybridized carbons (Fsp3) is 0.654.